The molecule has 34 heavy (non-hydrogen) atoms. The monoisotopic (exact) mass is 468 g/mol. The van der Waals surface area contributed by atoms with Crippen LogP contribution in [-0.2, 0) is 11.3 Å². The number of carbonyl (C=O) groups excluding carboxylic acids is 2. The van der Waals surface area contributed by atoms with Crippen molar-refractivity contribution in [2.45, 2.75) is 25.7 Å². The maximum Gasteiger partial charge on any atom is 0.261 e. The van der Waals surface area contributed by atoms with Crippen molar-refractivity contribution in [1.29, 1.82) is 0 Å². The highest BCUT2D eigenvalue weighted by Crippen LogP contribution is 2.35. The van der Waals surface area contributed by atoms with Crippen LogP contribution in [0.4, 0.5) is 15.8 Å². The number of morpholine rings is 1. The second kappa shape index (κ2) is 8.99. The Bertz CT molecular complexity index is 1240. The highest BCUT2D eigenvalue weighted by atomic mass is 19.1. The second-order valence-electron chi connectivity index (χ2n) is 8.47. The molecule has 5 rings (SSSR count). The van der Waals surface area contributed by atoms with Gasteiger partial charge in [0.1, 0.15) is 11.7 Å². The number of carbonyl (C=O) groups is 2. The predicted molar refractivity (Wildman–Crippen MR) is 122 cm³/mol. The first-order valence-electron chi connectivity index (χ1n) is 11.1. The molecule has 11 heteroatoms. The molecule has 2 aromatic heterocycles. The van der Waals surface area contributed by atoms with Crippen molar-refractivity contribution in [3.63, 3.8) is 0 Å². The number of halogens is 1. The molecule has 1 saturated heterocycles. The molecule has 0 saturated carbocycles. The van der Waals surface area contributed by atoms with E-state index in [1.807, 2.05) is 0 Å². The summed E-state index contributed by atoms with van der Waals surface area (Å²) < 4.78 is 21.1. The first-order chi connectivity index (χ1) is 16.4. The smallest absolute Gasteiger partial charge is 0.261 e. The number of benzene rings is 1. The molecule has 2 atom stereocenters. The molecule has 178 valence electrons. The Balaban J connectivity index is 1.48. The van der Waals surface area contributed by atoms with Gasteiger partial charge in [-0.25, -0.2) is 13.9 Å². The quantitative estimate of drug-likeness (QED) is 0.564. The lowest BCUT2D eigenvalue weighted by Gasteiger charge is -2.31. The van der Waals surface area contributed by atoms with Crippen molar-refractivity contribution in [2.75, 3.05) is 43.1 Å². The highest BCUT2D eigenvalue weighted by molar-refractivity contribution is 6.10. The highest BCUT2D eigenvalue weighted by Gasteiger charge is 2.33. The van der Waals surface area contributed by atoms with Crippen molar-refractivity contribution >= 4 is 28.8 Å². The van der Waals surface area contributed by atoms with Crippen LogP contribution in [-0.4, -0.2) is 81.5 Å². The minimum Gasteiger partial charge on any atom is -0.390 e. The van der Waals surface area contributed by atoms with Crippen LogP contribution >= 0.6 is 0 Å². The van der Waals surface area contributed by atoms with E-state index >= 15 is 0 Å². The van der Waals surface area contributed by atoms with Crippen LogP contribution in [0.1, 0.15) is 33.2 Å². The number of aliphatic hydroxyl groups excluding tert-OH is 1. The molecule has 0 unspecified atom stereocenters. The Hall–Kier alpha value is -3.57. The summed E-state index contributed by atoms with van der Waals surface area (Å²) in [6.07, 6.45) is 2.05. The summed E-state index contributed by atoms with van der Waals surface area (Å²) in [5.41, 5.74) is 3.15. The van der Waals surface area contributed by atoms with E-state index in [-0.39, 0.29) is 24.9 Å². The second-order valence-corrected chi connectivity index (χ2v) is 8.47. The number of aliphatic hydroxyl groups is 1. The minimum absolute atomic E-state index is 0.200. The zero-order chi connectivity index (χ0) is 23.8. The molecular weight excluding hydrogens is 443 g/mol. The van der Waals surface area contributed by atoms with Gasteiger partial charge in [0.25, 0.3) is 11.8 Å². The van der Waals surface area contributed by atoms with Gasteiger partial charge in [-0.05, 0) is 30.7 Å². The van der Waals surface area contributed by atoms with Crippen LogP contribution in [0.25, 0.3) is 5.65 Å². The zero-order valence-corrected chi connectivity index (χ0v) is 18.6. The summed E-state index contributed by atoms with van der Waals surface area (Å²) in [4.78, 5) is 33.8. The maximum atomic E-state index is 14.1. The van der Waals surface area contributed by atoms with Crippen LogP contribution in [0.3, 0.4) is 0 Å². The largest absolute Gasteiger partial charge is 0.390 e. The minimum atomic E-state index is -1.54. The normalized spacial score (nSPS) is 17.7. The molecule has 0 spiro atoms. The topological polar surface area (TPSA) is 112 Å². The Morgan fingerprint density at radius 1 is 1.32 bits per heavy atom. The number of alkyl halides is 1. The molecule has 10 nitrogen and oxygen atoms in total. The number of nitrogens with one attached hydrogen (secondary N) is 1. The van der Waals surface area contributed by atoms with Gasteiger partial charge in [-0.2, -0.15) is 5.10 Å². The molecule has 3 aromatic rings. The van der Waals surface area contributed by atoms with E-state index in [0.717, 1.165) is 0 Å². The lowest BCUT2D eigenvalue weighted by Crippen LogP contribution is -2.37. The molecule has 2 aliphatic heterocycles. The van der Waals surface area contributed by atoms with Crippen molar-refractivity contribution in [3.8, 4) is 0 Å². The van der Waals surface area contributed by atoms with E-state index in [9.17, 15) is 19.1 Å². The molecule has 2 amide bonds. The number of anilines is 2. The molecule has 0 bridgehead atoms. The Labute approximate surface area is 194 Å². The van der Waals surface area contributed by atoms with E-state index in [1.54, 1.807) is 30.6 Å². The molecule has 2 N–H and O–H groups in total. The number of rotatable bonds is 6. The lowest BCUT2D eigenvalue weighted by molar-refractivity contribution is 0.0515. The SMILES string of the molecule is C[C@H](O)[C@H](F)CN1Cc2cc(NC(=O)c3cnn4cccnc34)c(N3CCOCC3)cc2C1=O. The average molecular weight is 468 g/mol. The van der Waals surface area contributed by atoms with Crippen LogP contribution in [0.2, 0.25) is 0 Å². The maximum absolute atomic E-state index is 14.1. The number of hydrogen-bond donors (Lipinski definition) is 2. The van der Waals surface area contributed by atoms with Crippen LogP contribution in [0.15, 0.2) is 36.8 Å². The van der Waals surface area contributed by atoms with Gasteiger partial charge >= 0.3 is 0 Å². The molecular formula is C23H25FN6O4. The fraction of sp³-hybridized carbons (Fsp3) is 0.391. The number of ether oxygens (including phenoxy) is 1. The predicted octanol–water partition coefficient (Wildman–Crippen LogP) is 1.49. The van der Waals surface area contributed by atoms with Crippen LogP contribution in [0.5, 0.6) is 0 Å². The van der Waals surface area contributed by atoms with Gasteiger partial charge in [-0.15, -0.1) is 0 Å². The van der Waals surface area contributed by atoms with Gasteiger partial charge < -0.3 is 25.0 Å². The molecule has 0 aliphatic carbocycles. The van der Waals surface area contributed by atoms with Gasteiger partial charge in [-0.1, -0.05) is 0 Å². The molecule has 1 aromatic carbocycles. The molecule has 4 heterocycles. The number of fused-ring (bicyclic) bond motifs is 2. The van der Waals surface area contributed by atoms with Crippen molar-refractivity contribution in [2.24, 2.45) is 0 Å². The van der Waals surface area contributed by atoms with E-state index in [1.165, 1.54) is 22.5 Å². The van der Waals surface area contributed by atoms with Crippen LogP contribution < -0.4 is 10.2 Å². The Morgan fingerprint density at radius 2 is 2.12 bits per heavy atom. The molecule has 1 fully saturated rings. The average Bonchev–Trinajstić information content (AvgIpc) is 3.40. The van der Waals surface area contributed by atoms with Gasteiger partial charge in [-0.3, -0.25) is 9.59 Å². The number of aromatic nitrogens is 3. The summed E-state index contributed by atoms with van der Waals surface area (Å²) in [5, 5.41) is 16.7. The fourth-order valence-corrected chi connectivity index (χ4v) is 4.26. The molecule has 0 radical (unpaired) electrons. The Morgan fingerprint density at radius 3 is 2.88 bits per heavy atom. The summed E-state index contributed by atoms with van der Waals surface area (Å²) in [6.45, 7) is 3.62. The third-order valence-corrected chi connectivity index (χ3v) is 6.14. The number of amides is 2. The standard InChI is InChI=1S/C23H25FN6O4/c1-14(31)18(24)13-29-12-15-9-19(20(10-16(15)23(29)33)28-5-7-34-8-6-28)27-22(32)17-11-26-30-4-2-3-25-21(17)30/h2-4,9-11,14,18,31H,5-8,12-13H2,1H3,(H,27,32)/t14-,18+/m0/s1. The first kappa shape index (κ1) is 22.2. The third-order valence-electron chi connectivity index (χ3n) is 6.14. The van der Waals surface area contributed by atoms with Gasteiger partial charge in [0, 0.05) is 37.6 Å². The summed E-state index contributed by atoms with van der Waals surface area (Å²) in [6, 6.07) is 5.24. The van der Waals surface area contributed by atoms with Crippen molar-refractivity contribution in [3.05, 3.63) is 53.5 Å². The van der Waals surface area contributed by atoms with E-state index in [0.29, 0.717) is 60.0 Å². The van der Waals surface area contributed by atoms with Gasteiger partial charge in [0.05, 0.1) is 43.4 Å². The van der Waals surface area contributed by atoms with E-state index in [4.69, 9.17) is 4.74 Å². The first-order valence-corrected chi connectivity index (χ1v) is 11.1. The van der Waals surface area contributed by atoms with E-state index < -0.39 is 12.3 Å². The molecule has 2 aliphatic rings. The summed E-state index contributed by atoms with van der Waals surface area (Å²) >= 11 is 0. The third kappa shape index (κ3) is 4.08. The van der Waals surface area contributed by atoms with Crippen molar-refractivity contribution in [1.82, 2.24) is 19.5 Å². The van der Waals surface area contributed by atoms with Crippen LogP contribution in [0, 0.1) is 0 Å². The summed E-state index contributed by atoms with van der Waals surface area (Å²) in [5.74, 6) is -0.667. The van der Waals surface area contributed by atoms with Gasteiger partial charge in [0.2, 0.25) is 0 Å². The zero-order valence-electron chi connectivity index (χ0n) is 18.6. The van der Waals surface area contributed by atoms with Gasteiger partial charge in [0.15, 0.2) is 5.65 Å². The fourth-order valence-electron chi connectivity index (χ4n) is 4.26. The number of nitrogens with zero attached hydrogens (tertiary/aromatic N) is 5. The summed E-state index contributed by atoms with van der Waals surface area (Å²) in [7, 11) is 0. The lowest BCUT2D eigenvalue weighted by atomic mass is 10.1. The number of hydrogen-bond acceptors (Lipinski definition) is 7. The Kier molecular flexibility index (Phi) is 5.88. The van der Waals surface area contributed by atoms with E-state index in [2.05, 4.69) is 20.3 Å². The van der Waals surface area contributed by atoms with Crippen molar-refractivity contribution < 1.29 is 23.8 Å².